The van der Waals surface area contributed by atoms with Crippen molar-refractivity contribution in [1.82, 2.24) is 10.6 Å². The molecule has 31 heavy (non-hydrogen) atoms. The number of rotatable bonds is 7. The number of anilines is 1. The molecule has 1 amide bonds. The molecule has 1 atom stereocenters. The molecule has 2 aromatic carbocycles. The zero-order chi connectivity index (χ0) is 23.2. The van der Waals surface area contributed by atoms with Crippen LogP contribution in [0.25, 0.3) is 0 Å². The minimum absolute atomic E-state index is 0.142. The molecule has 0 unspecified atom stereocenters. The summed E-state index contributed by atoms with van der Waals surface area (Å²) in [6, 6.07) is 10.2. The smallest absolute Gasteiger partial charge is 0.253 e. The number of thiocarbonyl (C=S) groups is 1. The highest BCUT2D eigenvalue weighted by molar-refractivity contribution is 9.10. The first kappa shape index (κ1) is 25.6. The fraction of sp³-hybridized carbons (Fsp3) is 0.263. The molecule has 0 bridgehead atoms. The summed E-state index contributed by atoms with van der Waals surface area (Å²) in [5, 5.41) is 8.49. The SMILES string of the molecule is COc1cc(C(=O)N[C@H](NC(=S)Nc2ccc(Br)cc2)C(Cl)(Cl)Cl)cc(OC)c1OC. The van der Waals surface area contributed by atoms with E-state index >= 15 is 0 Å². The van der Waals surface area contributed by atoms with Crippen molar-refractivity contribution in [3.8, 4) is 17.2 Å². The number of amides is 1. The minimum atomic E-state index is -1.91. The van der Waals surface area contributed by atoms with Gasteiger partial charge in [0.2, 0.25) is 9.54 Å². The van der Waals surface area contributed by atoms with E-state index in [0.717, 1.165) is 4.47 Å². The maximum absolute atomic E-state index is 12.9. The lowest BCUT2D eigenvalue weighted by molar-refractivity contribution is 0.0933. The first-order chi connectivity index (χ1) is 14.6. The third kappa shape index (κ3) is 7.18. The molecule has 0 aliphatic heterocycles. The van der Waals surface area contributed by atoms with Gasteiger partial charge in [0.15, 0.2) is 16.6 Å². The third-order valence-electron chi connectivity index (χ3n) is 3.91. The van der Waals surface area contributed by atoms with Crippen LogP contribution in [-0.4, -0.2) is 42.3 Å². The Morgan fingerprint density at radius 1 is 1.00 bits per heavy atom. The van der Waals surface area contributed by atoms with Gasteiger partial charge in [-0.25, -0.2) is 0 Å². The quantitative estimate of drug-likeness (QED) is 0.248. The van der Waals surface area contributed by atoms with E-state index in [1.807, 2.05) is 12.1 Å². The van der Waals surface area contributed by atoms with Crippen LogP contribution in [0.2, 0.25) is 0 Å². The predicted molar refractivity (Wildman–Crippen MR) is 131 cm³/mol. The van der Waals surface area contributed by atoms with Gasteiger partial charge in [-0.3, -0.25) is 4.79 Å². The average molecular weight is 572 g/mol. The van der Waals surface area contributed by atoms with Crippen molar-refractivity contribution in [2.75, 3.05) is 26.6 Å². The molecular formula is C19H19BrCl3N3O4S. The Bertz CT molecular complexity index is 917. The fourth-order valence-electron chi connectivity index (χ4n) is 2.46. The Kier molecular flexibility index (Phi) is 9.32. The lowest BCUT2D eigenvalue weighted by Crippen LogP contribution is -2.56. The number of methoxy groups -OCH3 is 3. The Balaban J connectivity index is 2.19. The molecule has 3 N–H and O–H groups in total. The summed E-state index contributed by atoms with van der Waals surface area (Å²) in [7, 11) is 4.34. The van der Waals surface area contributed by atoms with Crippen molar-refractivity contribution >= 4 is 79.7 Å². The fourth-order valence-corrected chi connectivity index (χ4v) is 3.29. The van der Waals surface area contributed by atoms with Crippen LogP contribution in [-0.2, 0) is 0 Å². The van der Waals surface area contributed by atoms with Gasteiger partial charge in [-0.1, -0.05) is 50.7 Å². The molecule has 0 radical (unpaired) electrons. The summed E-state index contributed by atoms with van der Waals surface area (Å²) in [5.41, 5.74) is 0.905. The molecule has 0 saturated heterocycles. The number of benzene rings is 2. The zero-order valence-electron chi connectivity index (χ0n) is 16.6. The molecule has 0 aliphatic rings. The Labute approximate surface area is 208 Å². The molecule has 0 aromatic heterocycles. The highest BCUT2D eigenvalue weighted by atomic mass is 79.9. The molecule has 0 saturated carbocycles. The second-order valence-electron chi connectivity index (χ2n) is 5.97. The Hall–Kier alpha value is -1.65. The third-order valence-corrected chi connectivity index (χ3v) is 5.31. The van der Waals surface area contributed by atoms with Gasteiger partial charge in [-0.15, -0.1) is 0 Å². The van der Waals surface area contributed by atoms with Gasteiger partial charge in [0.25, 0.3) is 5.91 Å². The van der Waals surface area contributed by atoms with Crippen LogP contribution in [0.5, 0.6) is 17.2 Å². The van der Waals surface area contributed by atoms with Crippen LogP contribution in [0.3, 0.4) is 0 Å². The molecular weight excluding hydrogens is 553 g/mol. The van der Waals surface area contributed by atoms with Crippen molar-refractivity contribution in [2.24, 2.45) is 0 Å². The number of alkyl halides is 3. The van der Waals surface area contributed by atoms with Crippen molar-refractivity contribution in [3.63, 3.8) is 0 Å². The summed E-state index contributed by atoms with van der Waals surface area (Å²) in [4.78, 5) is 12.9. The van der Waals surface area contributed by atoms with Gasteiger partial charge in [0.05, 0.1) is 21.3 Å². The number of hydrogen-bond acceptors (Lipinski definition) is 5. The lowest BCUT2D eigenvalue weighted by Gasteiger charge is -2.28. The van der Waals surface area contributed by atoms with Gasteiger partial charge < -0.3 is 30.2 Å². The molecule has 168 valence electrons. The normalized spacial score (nSPS) is 11.8. The number of halogens is 4. The van der Waals surface area contributed by atoms with Crippen molar-refractivity contribution < 1.29 is 19.0 Å². The van der Waals surface area contributed by atoms with E-state index in [1.54, 1.807) is 12.1 Å². The number of carbonyl (C=O) groups is 1. The number of nitrogens with one attached hydrogen (secondary N) is 3. The van der Waals surface area contributed by atoms with Crippen LogP contribution in [0.4, 0.5) is 5.69 Å². The largest absolute Gasteiger partial charge is 0.493 e. The monoisotopic (exact) mass is 569 g/mol. The van der Waals surface area contributed by atoms with Gasteiger partial charge in [0, 0.05) is 15.7 Å². The van der Waals surface area contributed by atoms with Crippen LogP contribution in [0, 0.1) is 0 Å². The van der Waals surface area contributed by atoms with E-state index < -0.39 is 15.9 Å². The van der Waals surface area contributed by atoms with Gasteiger partial charge in [0.1, 0.15) is 6.17 Å². The van der Waals surface area contributed by atoms with Crippen molar-refractivity contribution in [1.29, 1.82) is 0 Å². The van der Waals surface area contributed by atoms with Crippen LogP contribution >= 0.6 is 63.0 Å². The first-order valence-corrected chi connectivity index (χ1v) is 10.9. The van der Waals surface area contributed by atoms with E-state index in [1.165, 1.54) is 33.5 Å². The maximum Gasteiger partial charge on any atom is 0.253 e. The number of ether oxygens (including phenoxy) is 3. The first-order valence-electron chi connectivity index (χ1n) is 8.59. The van der Waals surface area contributed by atoms with Crippen molar-refractivity contribution in [3.05, 3.63) is 46.4 Å². The molecule has 0 spiro atoms. The minimum Gasteiger partial charge on any atom is -0.493 e. The molecule has 12 heteroatoms. The predicted octanol–water partition coefficient (Wildman–Crippen LogP) is 4.89. The van der Waals surface area contributed by atoms with E-state index in [-0.39, 0.29) is 10.7 Å². The van der Waals surface area contributed by atoms with Gasteiger partial charge in [-0.05, 0) is 48.6 Å². The van der Waals surface area contributed by atoms with E-state index in [2.05, 4.69) is 31.9 Å². The van der Waals surface area contributed by atoms with Crippen LogP contribution in [0.15, 0.2) is 40.9 Å². The lowest BCUT2D eigenvalue weighted by atomic mass is 10.1. The zero-order valence-corrected chi connectivity index (χ0v) is 21.3. The molecule has 0 aliphatic carbocycles. The average Bonchev–Trinajstić information content (AvgIpc) is 2.72. The topological polar surface area (TPSA) is 80.9 Å². The summed E-state index contributed by atoms with van der Waals surface area (Å²) < 4.78 is 14.8. The standard InChI is InChI=1S/C19H19BrCl3N3O4S/c1-28-13-8-10(9-14(29-2)15(13)30-3)16(27)25-17(19(21,22)23)26-18(31)24-12-6-4-11(20)5-7-12/h4-9,17H,1-3H3,(H,25,27)(H2,24,26,31)/t17-/m1/s1. The Morgan fingerprint density at radius 3 is 2.00 bits per heavy atom. The number of carbonyl (C=O) groups excluding carboxylic acids is 1. The summed E-state index contributed by atoms with van der Waals surface area (Å²) in [6.45, 7) is 0. The summed E-state index contributed by atoms with van der Waals surface area (Å²) in [5.74, 6) is 0.391. The van der Waals surface area contributed by atoms with Gasteiger partial charge in [-0.2, -0.15) is 0 Å². The highest BCUT2D eigenvalue weighted by Crippen LogP contribution is 2.38. The maximum atomic E-state index is 12.9. The van der Waals surface area contributed by atoms with Gasteiger partial charge >= 0.3 is 0 Å². The molecule has 2 rings (SSSR count). The van der Waals surface area contributed by atoms with Crippen LogP contribution in [0.1, 0.15) is 10.4 Å². The second-order valence-corrected chi connectivity index (χ2v) is 9.66. The van der Waals surface area contributed by atoms with E-state index in [4.69, 9.17) is 61.2 Å². The molecule has 0 heterocycles. The summed E-state index contributed by atoms with van der Waals surface area (Å²) >= 11 is 26.8. The Morgan fingerprint density at radius 2 is 1.55 bits per heavy atom. The van der Waals surface area contributed by atoms with Crippen molar-refractivity contribution in [2.45, 2.75) is 9.96 Å². The molecule has 7 nitrogen and oxygen atoms in total. The number of hydrogen-bond donors (Lipinski definition) is 3. The molecule has 2 aromatic rings. The van der Waals surface area contributed by atoms with E-state index in [9.17, 15) is 4.79 Å². The molecule has 0 fully saturated rings. The summed E-state index contributed by atoms with van der Waals surface area (Å²) in [6.07, 6.45) is -1.15. The van der Waals surface area contributed by atoms with Crippen LogP contribution < -0.4 is 30.2 Å². The second kappa shape index (κ2) is 11.3. The highest BCUT2D eigenvalue weighted by Gasteiger charge is 2.35. The van der Waals surface area contributed by atoms with E-state index in [0.29, 0.717) is 22.9 Å².